The van der Waals surface area contributed by atoms with Crippen LogP contribution in [0, 0.1) is 12.3 Å². The van der Waals surface area contributed by atoms with Crippen LogP contribution in [-0.4, -0.2) is 29.4 Å². The van der Waals surface area contributed by atoms with Gasteiger partial charge in [-0.1, -0.05) is 115 Å². The van der Waals surface area contributed by atoms with E-state index in [4.69, 9.17) is 0 Å². The second kappa shape index (κ2) is 8.22. The third-order valence-corrected chi connectivity index (χ3v) is 8.48. The number of ketones is 3. The fourth-order valence-electron chi connectivity index (χ4n) is 6.84. The first-order valence-corrected chi connectivity index (χ1v) is 12.9. The highest BCUT2D eigenvalue weighted by Crippen LogP contribution is 2.60. The zero-order valence-electron chi connectivity index (χ0n) is 20.9. The first-order valence-electron chi connectivity index (χ1n) is 12.9. The summed E-state index contributed by atoms with van der Waals surface area (Å²) in [5.41, 5.74) is 3.69. The molecule has 2 aliphatic heterocycles. The standard InChI is InChI=1S/C34H25NO3/c1-21-15-17-24(18-16-21)31(36)30-29(23-10-3-2-4-11-23)34(32(37)25-12-6-7-13-26(25)33(34)38)28-20-19-22-9-5-8-14-27(22)35(28)30/h2-20,28-30H,1H3/t28?,29-,30+/m0/s1. The molecule has 4 aromatic carbocycles. The highest BCUT2D eigenvalue weighted by Gasteiger charge is 2.71. The summed E-state index contributed by atoms with van der Waals surface area (Å²) < 4.78 is 0. The molecule has 0 bridgehead atoms. The van der Waals surface area contributed by atoms with Crippen LogP contribution >= 0.6 is 0 Å². The van der Waals surface area contributed by atoms with Crippen molar-refractivity contribution < 1.29 is 14.4 Å². The van der Waals surface area contributed by atoms with Crippen LogP contribution in [0.2, 0.25) is 0 Å². The molecule has 4 heteroatoms. The number of aryl methyl sites for hydroxylation is 1. The minimum absolute atomic E-state index is 0.0950. The van der Waals surface area contributed by atoms with E-state index in [1.807, 2.05) is 97.9 Å². The number of carbonyl (C=O) groups is 3. The lowest BCUT2D eigenvalue weighted by atomic mass is 9.64. The molecule has 0 N–H and O–H groups in total. The second-order valence-electron chi connectivity index (χ2n) is 10.4. The van der Waals surface area contributed by atoms with Crippen LogP contribution in [0.4, 0.5) is 5.69 Å². The number of para-hydroxylation sites is 1. The Labute approximate surface area is 221 Å². The lowest BCUT2D eigenvalue weighted by molar-refractivity contribution is 0.0666. The molecule has 0 radical (unpaired) electrons. The van der Waals surface area contributed by atoms with E-state index in [1.165, 1.54) is 0 Å². The summed E-state index contributed by atoms with van der Waals surface area (Å²) >= 11 is 0. The number of anilines is 1. The van der Waals surface area contributed by atoms with Crippen LogP contribution in [0.3, 0.4) is 0 Å². The number of rotatable bonds is 3. The van der Waals surface area contributed by atoms with Gasteiger partial charge in [-0.15, -0.1) is 0 Å². The predicted molar refractivity (Wildman–Crippen MR) is 148 cm³/mol. The van der Waals surface area contributed by atoms with Crippen LogP contribution < -0.4 is 4.90 Å². The van der Waals surface area contributed by atoms with Gasteiger partial charge in [0.1, 0.15) is 11.5 Å². The van der Waals surface area contributed by atoms with E-state index in [2.05, 4.69) is 4.90 Å². The van der Waals surface area contributed by atoms with Crippen molar-refractivity contribution in [3.63, 3.8) is 0 Å². The molecule has 0 saturated carbocycles. The minimum Gasteiger partial charge on any atom is -0.352 e. The SMILES string of the molecule is Cc1ccc(C(=O)[C@H]2[C@H](c3ccccc3)C3(C(=O)c4ccccc4C3=O)C3C=Cc4ccccc4N32)cc1. The van der Waals surface area contributed by atoms with Crippen LogP contribution in [0.1, 0.15) is 53.7 Å². The third-order valence-electron chi connectivity index (χ3n) is 8.48. The number of benzene rings is 4. The van der Waals surface area contributed by atoms with Gasteiger partial charge in [0, 0.05) is 28.3 Å². The maximum Gasteiger partial charge on any atom is 0.185 e. The van der Waals surface area contributed by atoms with E-state index in [0.29, 0.717) is 16.7 Å². The van der Waals surface area contributed by atoms with E-state index in [0.717, 1.165) is 22.4 Å². The van der Waals surface area contributed by atoms with Gasteiger partial charge in [-0.25, -0.2) is 0 Å². The molecule has 1 aliphatic carbocycles. The number of Topliss-reactive ketones (excluding diaryl/α,β-unsaturated/α-hetero) is 3. The first kappa shape index (κ1) is 22.6. The van der Waals surface area contributed by atoms with Crippen LogP contribution in [0.5, 0.6) is 0 Å². The molecule has 3 aliphatic rings. The Bertz CT molecular complexity index is 1620. The Balaban J connectivity index is 1.54. The average Bonchev–Trinajstić information content (AvgIpc) is 3.40. The maximum absolute atomic E-state index is 14.5. The molecule has 3 atom stereocenters. The topological polar surface area (TPSA) is 54.5 Å². The Morgan fingerprint density at radius 1 is 0.737 bits per heavy atom. The van der Waals surface area contributed by atoms with Gasteiger partial charge < -0.3 is 4.90 Å². The monoisotopic (exact) mass is 495 g/mol. The van der Waals surface area contributed by atoms with Crippen LogP contribution in [0.25, 0.3) is 6.08 Å². The largest absolute Gasteiger partial charge is 0.352 e. The molecule has 1 unspecified atom stereocenters. The van der Waals surface area contributed by atoms with Gasteiger partial charge in [-0.05, 0) is 24.1 Å². The quantitative estimate of drug-likeness (QED) is 0.247. The van der Waals surface area contributed by atoms with E-state index in [1.54, 1.807) is 24.3 Å². The normalized spacial score (nSPS) is 22.3. The summed E-state index contributed by atoms with van der Waals surface area (Å²) in [6.45, 7) is 1.99. The molecule has 1 spiro atoms. The van der Waals surface area contributed by atoms with Crippen molar-refractivity contribution in [2.45, 2.75) is 24.9 Å². The molecular formula is C34H25NO3. The van der Waals surface area contributed by atoms with E-state index >= 15 is 0 Å². The zero-order chi connectivity index (χ0) is 26.0. The van der Waals surface area contributed by atoms with Crippen molar-refractivity contribution in [2.75, 3.05) is 4.90 Å². The summed E-state index contributed by atoms with van der Waals surface area (Å²) in [5.74, 6) is -1.18. The fraction of sp³-hybridized carbons (Fsp3) is 0.147. The molecule has 1 fully saturated rings. The van der Waals surface area contributed by atoms with Gasteiger partial charge in [0.2, 0.25) is 0 Å². The molecule has 0 amide bonds. The fourth-order valence-corrected chi connectivity index (χ4v) is 6.84. The van der Waals surface area contributed by atoms with Gasteiger partial charge in [-0.3, -0.25) is 14.4 Å². The Kier molecular flexibility index (Phi) is 4.89. The Morgan fingerprint density at radius 2 is 1.34 bits per heavy atom. The van der Waals surface area contributed by atoms with Crippen molar-refractivity contribution >= 4 is 29.1 Å². The second-order valence-corrected chi connectivity index (χ2v) is 10.4. The first-order chi connectivity index (χ1) is 18.5. The molecular weight excluding hydrogens is 470 g/mol. The Hall–Kier alpha value is -4.57. The van der Waals surface area contributed by atoms with E-state index < -0.39 is 23.4 Å². The number of hydrogen-bond acceptors (Lipinski definition) is 4. The highest BCUT2D eigenvalue weighted by atomic mass is 16.2. The lowest BCUT2D eigenvalue weighted by Gasteiger charge is -2.37. The van der Waals surface area contributed by atoms with Crippen molar-refractivity contribution in [3.05, 3.63) is 143 Å². The van der Waals surface area contributed by atoms with Crippen molar-refractivity contribution in [1.82, 2.24) is 0 Å². The summed E-state index contributed by atoms with van der Waals surface area (Å²) in [6.07, 6.45) is 3.95. The van der Waals surface area contributed by atoms with E-state index in [9.17, 15) is 14.4 Å². The maximum atomic E-state index is 14.5. The summed E-state index contributed by atoms with van der Waals surface area (Å²) in [6, 6.07) is 30.8. The summed E-state index contributed by atoms with van der Waals surface area (Å²) in [7, 11) is 0. The predicted octanol–water partition coefficient (Wildman–Crippen LogP) is 6.31. The van der Waals surface area contributed by atoms with Gasteiger partial charge in [-0.2, -0.15) is 0 Å². The zero-order valence-corrected chi connectivity index (χ0v) is 20.9. The Morgan fingerprint density at radius 3 is 2.03 bits per heavy atom. The minimum atomic E-state index is -1.46. The third kappa shape index (κ3) is 2.89. The number of hydrogen-bond donors (Lipinski definition) is 0. The van der Waals surface area contributed by atoms with Gasteiger partial charge in [0.25, 0.3) is 0 Å². The van der Waals surface area contributed by atoms with Crippen molar-refractivity contribution in [1.29, 1.82) is 0 Å². The molecule has 1 saturated heterocycles. The molecule has 2 heterocycles. The molecule has 4 aromatic rings. The van der Waals surface area contributed by atoms with Gasteiger partial charge in [0.15, 0.2) is 17.3 Å². The van der Waals surface area contributed by atoms with E-state index in [-0.39, 0.29) is 17.3 Å². The molecule has 7 rings (SSSR count). The van der Waals surface area contributed by atoms with Gasteiger partial charge >= 0.3 is 0 Å². The number of carbonyl (C=O) groups excluding carboxylic acids is 3. The lowest BCUT2D eigenvalue weighted by Crippen LogP contribution is -2.48. The highest BCUT2D eigenvalue weighted by molar-refractivity contribution is 6.32. The van der Waals surface area contributed by atoms with Crippen LogP contribution in [-0.2, 0) is 0 Å². The number of nitrogens with zero attached hydrogens (tertiary/aromatic N) is 1. The van der Waals surface area contributed by atoms with Crippen molar-refractivity contribution in [3.8, 4) is 0 Å². The number of fused-ring (bicyclic) bond motifs is 5. The summed E-state index contributed by atoms with van der Waals surface area (Å²) in [4.78, 5) is 45.7. The molecule has 4 nitrogen and oxygen atoms in total. The molecule has 38 heavy (non-hydrogen) atoms. The van der Waals surface area contributed by atoms with Gasteiger partial charge in [0.05, 0.1) is 6.04 Å². The smallest absolute Gasteiger partial charge is 0.185 e. The summed E-state index contributed by atoms with van der Waals surface area (Å²) in [5, 5.41) is 0. The van der Waals surface area contributed by atoms with Crippen LogP contribution in [0.15, 0.2) is 109 Å². The van der Waals surface area contributed by atoms with Crippen molar-refractivity contribution in [2.24, 2.45) is 5.41 Å². The molecule has 184 valence electrons. The average molecular weight is 496 g/mol. The molecule has 0 aromatic heterocycles.